The summed E-state index contributed by atoms with van der Waals surface area (Å²) in [5.41, 5.74) is 0.954. The lowest BCUT2D eigenvalue weighted by Crippen LogP contribution is -3.09. The first kappa shape index (κ1) is 14.7. The number of quaternary nitrogens is 1. The van der Waals surface area contributed by atoms with Gasteiger partial charge in [-0.05, 0) is 46.2 Å². The molecule has 2 atom stereocenters. The quantitative estimate of drug-likeness (QED) is 0.738. The zero-order valence-electron chi connectivity index (χ0n) is 12.6. The van der Waals surface area contributed by atoms with E-state index in [0.717, 1.165) is 18.9 Å². The summed E-state index contributed by atoms with van der Waals surface area (Å²) in [5.74, 6) is 0. The highest BCUT2D eigenvalue weighted by atomic mass is 32.1. The number of thiophene rings is 1. The Kier molecular flexibility index (Phi) is 4.07. The second-order valence-electron chi connectivity index (χ2n) is 5.78. The van der Waals surface area contributed by atoms with Crippen molar-refractivity contribution >= 4 is 23.6 Å². The summed E-state index contributed by atoms with van der Waals surface area (Å²) in [6, 6.07) is 14.9. The smallest absolute Gasteiger partial charge is 0.225 e. The predicted octanol–water partition coefficient (Wildman–Crippen LogP) is 2.24. The summed E-state index contributed by atoms with van der Waals surface area (Å²) < 4.78 is 4.23. The third-order valence-electron chi connectivity index (χ3n) is 4.36. The third kappa shape index (κ3) is 2.87. The Morgan fingerprint density at radius 2 is 2.04 bits per heavy atom. The van der Waals surface area contributed by atoms with Crippen molar-refractivity contribution in [3.63, 3.8) is 0 Å². The molecule has 0 radical (unpaired) electrons. The molecule has 1 N–H and O–H groups in total. The topological polar surface area (TPSA) is 40.1 Å². The van der Waals surface area contributed by atoms with Gasteiger partial charge in [-0.2, -0.15) is 9.36 Å². The van der Waals surface area contributed by atoms with Crippen molar-refractivity contribution in [2.45, 2.75) is 25.6 Å². The number of nitrogens with zero attached hydrogens (tertiary/aromatic N) is 4. The van der Waals surface area contributed by atoms with Crippen LogP contribution in [0.15, 0.2) is 47.8 Å². The molecule has 3 heterocycles. The van der Waals surface area contributed by atoms with Gasteiger partial charge in [0.15, 0.2) is 6.67 Å². The summed E-state index contributed by atoms with van der Waals surface area (Å²) in [5, 5.41) is 10.7. The van der Waals surface area contributed by atoms with Crippen LogP contribution in [0.4, 0.5) is 0 Å². The SMILES string of the molecule is S=c1n(C[NH+]2CCC[C@H]2c2cccs2)nnn1-c1ccccc1. The summed E-state index contributed by atoms with van der Waals surface area (Å²) in [6.07, 6.45) is 2.48. The standard InChI is InChI=1S/C16H17N5S2/c22-16-20(17-18-21(16)13-6-2-1-3-7-13)12-19-10-4-8-14(19)15-9-5-11-23-15/h1-3,5-7,9,11,14H,4,8,10,12H2/p+1/t14-/m0/s1. The molecule has 7 heteroatoms. The Morgan fingerprint density at radius 1 is 1.17 bits per heavy atom. The molecule has 1 unspecified atom stereocenters. The lowest BCUT2D eigenvalue weighted by atomic mass is 10.2. The average Bonchev–Trinajstić information content (AvgIpc) is 3.31. The number of rotatable bonds is 4. The maximum atomic E-state index is 5.57. The van der Waals surface area contributed by atoms with E-state index >= 15 is 0 Å². The molecule has 5 nitrogen and oxygen atoms in total. The summed E-state index contributed by atoms with van der Waals surface area (Å²) in [7, 11) is 0. The molecular weight excluding hydrogens is 326 g/mol. The van der Waals surface area contributed by atoms with E-state index in [2.05, 4.69) is 27.9 Å². The van der Waals surface area contributed by atoms with Crippen LogP contribution in [0.1, 0.15) is 23.8 Å². The van der Waals surface area contributed by atoms with Gasteiger partial charge in [0.05, 0.1) is 17.1 Å². The molecule has 1 aliphatic heterocycles. The van der Waals surface area contributed by atoms with Crippen molar-refractivity contribution in [2.24, 2.45) is 0 Å². The van der Waals surface area contributed by atoms with Gasteiger partial charge in [0.1, 0.15) is 6.04 Å². The summed E-state index contributed by atoms with van der Waals surface area (Å²) >= 11 is 7.41. The van der Waals surface area contributed by atoms with Crippen LogP contribution in [0.3, 0.4) is 0 Å². The number of para-hydroxylation sites is 1. The molecule has 0 spiro atoms. The lowest BCUT2D eigenvalue weighted by molar-refractivity contribution is -0.941. The number of tetrazole rings is 1. The van der Waals surface area contributed by atoms with E-state index < -0.39 is 0 Å². The normalized spacial score (nSPS) is 20.9. The Hall–Kier alpha value is -1.83. The Morgan fingerprint density at radius 3 is 2.83 bits per heavy atom. The minimum Gasteiger partial charge on any atom is -0.309 e. The van der Waals surface area contributed by atoms with Gasteiger partial charge in [-0.1, -0.05) is 24.3 Å². The molecule has 118 valence electrons. The predicted molar refractivity (Wildman–Crippen MR) is 92.3 cm³/mol. The number of aromatic nitrogens is 4. The number of nitrogens with one attached hydrogen (secondary N) is 1. The van der Waals surface area contributed by atoms with Gasteiger partial charge in [-0.3, -0.25) is 0 Å². The maximum absolute atomic E-state index is 5.57. The molecule has 1 saturated heterocycles. The van der Waals surface area contributed by atoms with Gasteiger partial charge < -0.3 is 4.90 Å². The zero-order valence-corrected chi connectivity index (χ0v) is 14.3. The fraction of sp³-hybridized carbons (Fsp3) is 0.312. The van der Waals surface area contributed by atoms with E-state index in [-0.39, 0.29) is 0 Å². The van der Waals surface area contributed by atoms with Gasteiger partial charge in [0.2, 0.25) is 4.77 Å². The van der Waals surface area contributed by atoms with Crippen LogP contribution in [-0.2, 0) is 6.67 Å². The van der Waals surface area contributed by atoms with Crippen molar-refractivity contribution in [1.82, 2.24) is 19.8 Å². The number of benzene rings is 1. The number of hydrogen-bond acceptors (Lipinski definition) is 4. The fourth-order valence-corrected chi connectivity index (χ4v) is 4.39. The van der Waals surface area contributed by atoms with E-state index in [9.17, 15) is 0 Å². The Labute approximate surface area is 143 Å². The molecule has 3 aromatic rings. The molecule has 0 aliphatic carbocycles. The molecule has 23 heavy (non-hydrogen) atoms. The lowest BCUT2D eigenvalue weighted by Gasteiger charge is -2.19. The third-order valence-corrected chi connectivity index (χ3v) is 5.73. The molecule has 1 aromatic carbocycles. The first-order valence-corrected chi connectivity index (χ1v) is 9.08. The Bertz CT molecular complexity index is 822. The van der Waals surface area contributed by atoms with Crippen molar-refractivity contribution in [2.75, 3.05) is 6.54 Å². The molecule has 2 aromatic heterocycles. The van der Waals surface area contributed by atoms with Crippen LogP contribution in [0, 0.1) is 4.77 Å². The van der Waals surface area contributed by atoms with Crippen LogP contribution in [0.25, 0.3) is 5.69 Å². The molecular formula is C16H18N5S2+. The second-order valence-corrected chi connectivity index (χ2v) is 7.13. The van der Waals surface area contributed by atoms with E-state index in [1.165, 1.54) is 22.6 Å². The summed E-state index contributed by atoms with van der Waals surface area (Å²) in [6.45, 7) is 1.93. The van der Waals surface area contributed by atoms with E-state index in [4.69, 9.17) is 12.2 Å². The average molecular weight is 344 g/mol. The highest BCUT2D eigenvalue weighted by molar-refractivity contribution is 7.71. The van der Waals surface area contributed by atoms with Crippen LogP contribution in [0.5, 0.6) is 0 Å². The number of likely N-dealkylation sites (tertiary alicyclic amines) is 1. The highest BCUT2D eigenvalue weighted by Crippen LogP contribution is 2.23. The summed E-state index contributed by atoms with van der Waals surface area (Å²) in [4.78, 5) is 2.98. The van der Waals surface area contributed by atoms with Crippen LogP contribution in [-0.4, -0.2) is 26.3 Å². The highest BCUT2D eigenvalue weighted by Gasteiger charge is 2.31. The van der Waals surface area contributed by atoms with Crippen molar-refractivity contribution < 1.29 is 4.90 Å². The largest absolute Gasteiger partial charge is 0.309 e. The van der Waals surface area contributed by atoms with Gasteiger partial charge in [-0.15, -0.1) is 11.3 Å². The minimum atomic E-state index is 0.554. The van der Waals surface area contributed by atoms with Gasteiger partial charge in [0.25, 0.3) is 0 Å². The Balaban J connectivity index is 1.58. The molecule has 0 saturated carbocycles. The van der Waals surface area contributed by atoms with Crippen molar-refractivity contribution in [3.8, 4) is 5.69 Å². The van der Waals surface area contributed by atoms with Gasteiger partial charge >= 0.3 is 0 Å². The van der Waals surface area contributed by atoms with Crippen LogP contribution >= 0.6 is 23.6 Å². The molecule has 1 fully saturated rings. The molecule has 1 aliphatic rings. The van der Waals surface area contributed by atoms with E-state index in [1.54, 1.807) is 4.68 Å². The molecule has 4 rings (SSSR count). The van der Waals surface area contributed by atoms with Gasteiger partial charge in [-0.25, -0.2) is 0 Å². The van der Waals surface area contributed by atoms with Gasteiger partial charge in [0, 0.05) is 12.8 Å². The molecule has 0 amide bonds. The van der Waals surface area contributed by atoms with Crippen LogP contribution in [0.2, 0.25) is 0 Å². The minimum absolute atomic E-state index is 0.554. The second kappa shape index (κ2) is 6.35. The first-order chi connectivity index (χ1) is 11.3. The number of hydrogen-bond donors (Lipinski definition) is 1. The van der Waals surface area contributed by atoms with Crippen LogP contribution < -0.4 is 4.90 Å². The fourth-order valence-electron chi connectivity index (χ4n) is 3.23. The monoisotopic (exact) mass is 344 g/mol. The zero-order chi connectivity index (χ0) is 15.6. The first-order valence-electron chi connectivity index (χ1n) is 7.79. The van der Waals surface area contributed by atoms with E-state index in [1.807, 2.05) is 46.4 Å². The van der Waals surface area contributed by atoms with Crippen molar-refractivity contribution in [1.29, 1.82) is 0 Å². The molecule has 0 bridgehead atoms. The van der Waals surface area contributed by atoms with Crippen molar-refractivity contribution in [3.05, 3.63) is 57.5 Å². The van der Waals surface area contributed by atoms with E-state index in [0.29, 0.717) is 10.8 Å². The maximum Gasteiger partial charge on any atom is 0.225 e.